The van der Waals surface area contributed by atoms with Gasteiger partial charge in [0.1, 0.15) is 5.71 Å². The van der Waals surface area contributed by atoms with Crippen molar-refractivity contribution in [3.05, 3.63) is 11.8 Å². The van der Waals surface area contributed by atoms with Gasteiger partial charge in [-0.2, -0.15) is 0 Å². The summed E-state index contributed by atoms with van der Waals surface area (Å²) in [7, 11) is 0. The molecule has 1 aliphatic heterocycles. The van der Waals surface area contributed by atoms with Gasteiger partial charge in [-0.1, -0.05) is 36.9 Å². The Morgan fingerprint density at radius 1 is 1.00 bits per heavy atom. The lowest BCUT2D eigenvalue weighted by Crippen LogP contribution is -2.38. The van der Waals surface area contributed by atoms with Crippen LogP contribution in [-0.4, -0.2) is 42.1 Å². The highest BCUT2D eigenvalue weighted by Crippen LogP contribution is 2.19. The molecule has 0 amide bonds. The van der Waals surface area contributed by atoms with Crippen LogP contribution in [0.2, 0.25) is 0 Å². The normalized spacial score (nSPS) is 25.8. The van der Waals surface area contributed by atoms with Crippen molar-refractivity contribution in [2.24, 2.45) is 5.16 Å². The van der Waals surface area contributed by atoms with Crippen LogP contribution in [0.15, 0.2) is 16.9 Å². The first kappa shape index (κ1) is 14.4. The molecule has 19 heavy (non-hydrogen) atoms. The van der Waals surface area contributed by atoms with E-state index in [-0.39, 0.29) is 0 Å². The van der Waals surface area contributed by atoms with E-state index in [9.17, 15) is 5.21 Å². The summed E-state index contributed by atoms with van der Waals surface area (Å²) >= 11 is 0. The molecule has 0 spiro atoms. The minimum atomic E-state index is 0.774. The van der Waals surface area contributed by atoms with Crippen LogP contribution >= 0.6 is 0 Å². The average Bonchev–Trinajstić information content (AvgIpc) is 2.52. The number of hydrogen-bond acceptors (Lipinski definition) is 4. The van der Waals surface area contributed by atoms with E-state index in [1.165, 1.54) is 32.1 Å². The largest absolute Gasteiger partial charge is 0.411 e. The van der Waals surface area contributed by atoms with Crippen LogP contribution in [0.3, 0.4) is 0 Å². The van der Waals surface area contributed by atoms with Crippen molar-refractivity contribution in [1.29, 1.82) is 0 Å². The summed E-state index contributed by atoms with van der Waals surface area (Å²) in [6.45, 7) is 3.36. The van der Waals surface area contributed by atoms with Gasteiger partial charge in [0.2, 0.25) is 0 Å². The molecule has 0 unspecified atom stereocenters. The third-order valence-corrected chi connectivity index (χ3v) is 3.97. The lowest BCUT2D eigenvalue weighted by atomic mass is 10.1. The van der Waals surface area contributed by atoms with Crippen LogP contribution in [0.5, 0.6) is 0 Å². The molecule has 4 heteroatoms. The van der Waals surface area contributed by atoms with E-state index in [4.69, 9.17) is 4.74 Å². The maximum Gasteiger partial charge on any atom is 0.102 e. The van der Waals surface area contributed by atoms with Crippen LogP contribution < -0.4 is 0 Å². The SMILES string of the molecule is ON=C1CCCCCCCCC=C1N1CCOCC1. The summed E-state index contributed by atoms with van der Waals surface area (Å²) in [6.07, 6.45) is 11.8. The third-order valence-electron chi connectivity index (χ3n) is 3.97. The third kappa shape index (κ3) is 4.53. The van der Waals surface area contributed by atoms with Crippen molar-refractivity contribution >= 4 is 5.71 Å². The van der Waals surface area contributed by atoms with Crippen molar-refractivity contribution in [2.75, 3.05) is 26.3 Å². The highest BCUT2D eigenvalue weighted by molar-refractivity contribution is 5.99. The first-order valence-corrected chi connectivity index (χ1v) is 7.66. The first-order valence-electron chi connectivity index (χ1n) is 7.66. The van der Waals surface area contributed by atoms with Crippen LogP contribution in [0.25, 0.3) is 0 Å². The van der Waals surface area contributed by atoms with Gasteiger partial charge in [0.15, 0.2) is 0 Å². The quantitative estimate of drug-likeness (QED) is 0.585. The fraction of sp³-hybridized carbons (Fsp3) is 0.800. The van der Waals surface area contributed by atoms with Gasteiger partial charge in [-0.15, -0.1) is 0 Å². The number of allylic oxidation sites excluding steroid dienone is 2. The molecule has 108 valence electrons. The Balaban J connectivity index is 2.08. The van der Waals surface area contributed by atoms with Gasteiger partial charge in [-0.25, -0.2) is 0 Å². The van der Waals surface area contributed by atoms with Crippen LogP contribution in [0.4, 0.5) is 0 Å². The molecule has 0 aromatic heterocycles. The summed E-state index contributed by atoms with van der Waals surface area (Å²) < 4.78 is 5.41. The van der Waals surface area contributed by atoms with E-state index in [1.54, 1.807) is 0 Å². The van der Waals surface area contributed by atoms with Crippen molar-refractivity contribution < 1.29 is 9.94 Å². The number of ether oxygens (including phenoxy) is 1. The molecular formula is C15H26N2O2. The minimum absolute atomic E-state index is 0.774. The van der Waals surface area contributed by atoms with Gasteiger partial charge in [-0.3, -0.25) is 0 Å². The molecule has 0 saturated carbocycles. The predicted octanol–water partition coefficient (Wildman–Crippen LogP) is 3.17. The number of rotatable bonds is 1. The molecule has 4 nitrogen and oxygen atoms in total. The van der Waals surface area contributed by atoms with E-state index < -0.39 is 0 Å². The Labute approximate surface area is 116 Å². The second-order valence-electron chi connectivity index (χ2n) is 5.40. The lowest BCUT2D eigenvalue weighted by molar-refractivity contribution is 0.0560. The Hall–Kier alpha value is -1.03. The maximum absolute atomic E-state index is 9.33. The zero-order valence-electron chi connectivity index (χ0n) is 11.8. The number of oxime groups is 1. The number of nitrogens with zero attached hydrogens (tertiary/aromatic N) is 2. The topological polar surface area (TPSA) is 45.1 Å². The average molecular weight is 266 g/mol. The molecule has 0 aromatic carbocycles. The van der Waals surface area contributed by atoms with Gasteiger partial charge < -0.3 is 14.8 Å². The van der Waals surface area contributed by atoms with E-state index in [2.05, 4.69) is 16.1 Å². The number of hydrogen-bond donors (Lipinski definition) is 1. The van der Waals surface area contributed by atoms with E-state index in [0.717, 1.165) is 57.0 Å². The molecular weight excluding hydrogens is 240 g/mol. The van der Waals surface area contributed by atoms with E-state index >= 15 is 0 Å². The zero-order chi connectivity index (χ0) is 13.3. The second-order valence-corrected chi connectivity index (χ2v) is 5.40. The van der Waals surface area contributed by atoms with Crippen LogP contribution in [0.1, 0.15) is 51.4 Å². The summed E-state index contributed by atoms with van der Waals surface area (Å²) in [5, 5.41) is 12.9. The maximum atomic E-state index is 9.33. The summed E-state index contributed by atoms with van der Waals surface area (Å²) in [5.41, 5.74) is 2.01. The predicted molar refractivity (Wildman–Crippen MR) is 76.6 cm³/mol. The lowest BCUT2D eigenvalue weighted by Gasteiger charge is -2.31. The molecule has 1 saturated heterocycles. The molecule has 0 radical (unpaired) electrons. The summed E-state index contributed by atoms with van der Waals surface area (Å²) in [4.78, 5) is 2.32. The molecule has 1 fully saturated rings. The fourth-order valence-corrected chi connectivity index (χ4v) is 2.85. The Kier molecular flexibility index (Phi) is 6.21. The van der Waals surface area contributed by atoms with Gasteiger partial charge >= 0.3 is 0 Å². The molecule has 0 bridgehead atoms. The molecule has 2 rings (SSSR count). The molecule has 1 aliphatic carbocycles. The van der Waals surface area contributed by atoms with Gasteiger partial charge in [0.25, 0.3) is 0 Å². The molecule has 2 aliphatic rings. The van der Waals surface area contributed by atoms with Crippen molar-refractivity contribution in [2.45, 2.75) is 51.4 Å². The summed E-state index contributed by atoms with van der Waals surface area (Å²) in [6, 6.07) is 0. The highest BCUT2D eigenvalue weighted by atomic mass is 16.5. The van der Waals surface area contributed by atoms with E-state index in [1.807, 2.05) is 0 Å². The molecule has 0 atom stereocenters. The fourth-order valence-electron chi connectivity index (χ4n) is 2.85. The summed E-state index contributed by atoms with van der Waals surface area (Å²) in [5.74, 6) is 0. The van der Waals surface area contributed by atoms with E-state index in [0.29, 0.717) is 0 Å². The molecule has 1 heterocycles. The first-order chi connectivity index (χ1) is 9.42. The van der Waals surface area contributed by atoms with Gasteiger partial charge in [-0.05, 0) is 25.7 Å². The Morgan fingerprint density at radius 3 is 2.42 bits per heavy atom. The number of morpholine rings is 1. The standard InChI is InChI=1S/C15H26N2O2/c18-16-14-8-6-4-2-1-3-5-7-9-15(14)17-10-12-19-13-11-17/h9,18H,1-8,10-13H2. The second kappa shape index (κ2) is 8.20. The van der Waals surface area contributed by atoms with Gasteiger partial charge in [0.05, 0.1) is 18.9 Å². The minimum Gasteiger partial charge on any atom is -0.411 e. The van der Waals surface area contributed by atoms with Crippen LogP contribution in [-0.2, 0) is 4.74 Å². The monoisotopic (exact) mass is 266 g/mol. The Morgan fingerprint density at radius 2 is 1.68 bits per heavy atom. The smallest absolute Gasteiger partial charge is 0.102 e. The molecule has 1 N–H and O–H groups in total. The van der Waals surface area contributed by atoms with Crippen LogP contribution in [0, 0.1) is 0 Å². The zero-order valence-corrected chi connectivity index (χ0v) is 11.8. The van der Waals surface area contributed by atoms with Crippen molar-refractivity contribution in [3.63, 3.8) is 0 Å². The Bertz CT molecular complexity index is 320. The highest BCUT2D eigenvalue weighted by Gasteiger charge is 2.18. The van der Waals surface area contributed by atoms with Gasteiger partial charge in [0, 0.05) is 13.1 Å². The van der Waals surface area contributed by atoms with Crippen molar-refractivity contribution in [3.8, 4) is 0 Å². The molecule has 0 aromatic rings. The van der Waals surface area contributed by atoms with Crippen molar-refractivity contribution in [1.82, 2.24) is 4.90 Å².